The van der Waals surface area contributed by atoms with Gasteiger partial charge in [-0.1, -0.05) is 0 Å². The molecule has 0 bridgehead atoms. The molecule has 0 aliphatic carbocycles. The standard InChI is InChI=1S/C7H4BrN7/c8-5-3-9-14(4-5)7-2-1-6-10-12-13-15(6)11-7/h1-4H. The topological polar surface area (TPSA) is 73.8 Å². The van der Waals surface area contributed by atoms with Crippen LogP contribution in [0.2, 0.25) is 0 Å². The zero-order chi connectivity index (χ0) is 10.3. The first-order valence-corrected chi connectivity index (χ1v) is 4.88. The number of nitrogens with zero attached hydrogens (tertiary/aromatic N) is 7. The first kappa shape index (κ1) is 8.48. The molecule has 0 aromatic carbocycles. The Bertz CT molecular complexity index is 612. The van der Waals surface area contributed by atoms with Gasteiger partial charge >= 0.3 is 0 Å². The molecule has 0 fully saturated rings. The molecule has 3 rings (SSSR count). The highest BCUT2D eigenvalue weighted by atomic mass is 79.9. The van der Waals surface area contributed by atoms with Crippen LogP contribution in [0.3, 0.4) is 0 Å². The Kier molecular flexibility index (Phi) is 1.75. The van der Waals surface area contributed by atoms with Gasteiger partial charge in [-0.05, 0) is 38.5 Å². The normalized spacial score (nSPS) is 11.0. The second-order valence-electron chi connectivity index (χ2n) is 2.82. The summed E-state index contributed by atoms with van der Waals surface area (Å²) in [5.74, 6) is 0.653. The average Bonchev–Trinajstić information content (AvgIpc) is 2.84. The second kappa shape index (κ2) is 3.09. The van der Waals surface area contributed by atoms with E-state index in [1.54, 1.807) is 29.2 Å². The fraction of sp³-hybridized carbons (Fsp3) is 0. The third-order valence-corrected chi connectivity index (χ3v) is 2.25. The second-order valence-corrected chi connectivity index (χ2v) is 3.74. The Morgan fingerprint density at radius 2 is 2.20 bits per heavy atom. The summed E-state index contributed by atoms with van der Waals surface area (Å²) in [5.41, 5.74) is 0.602. The Hall–Kier alpha value is -1.83. The lowest BCUT2D eigenvalue weighted by atomic mass is 10.5. The number of rotatable bonds is 1. The zero-order valence-electron chi connectivity index (χ0n) is 7.32. The van der Waals surface area contributed by atoms with Gasteiger partial charge in [0.1, 0.15) is 0 Å². The van der Waals surface area contributed by atoms with Crippen molar-refractivity contribution in [3.05, 3.63) is 29.0 Å². The van der Waals surface area contributed by atoms with Crippen LogP contribution in [0.15, 0.2) is 29.0 Å². The molecule has 3 aromatic heterocycles. The van der Waals surface area contributed by atoms with Crippen LogP contribution in [-0.4, -0.2) is 35.0 Å². The van der Waals surface area contributed by atoms with Crippen LogP contribution in [0.5, 0.6) is 0 Å². The molecule has 0 aliphatic heterocycles. The Balaban J connectivity index is 2.18. The molecule has 74 valence electrons. The Labute approximate surface area is 91.8 Å². The van der Waals surface area contributed by atoms with Crippen molar-refractivity contribution in [2.75, 3.05) is 0 Å². The van der Waals surface area contributed by atoms with Crippen molar-refractivity contribution >= 4 is 21.6 Å². The van der Waals surface area contributed by atoms with E-state index >= 15 is 0 Å². The molecule has 0 unspecified atom stereocenters. The highest BCUT2D eigenvalue weighted by molar-refractivity contribution is 9.10. The van der Waals surface area contributed by atoms with E-state index in [-0.39, 0.29) is 0 Å². The fourth-order valence-corrected chi connectivity index (χ4v) is 1.47. The summed E-state index contributed by atoms with van der Waals surface area (Å²) < 4.78 is 3.87. The molecule has 15 heavy (non-hydrogen) atoms. The van der Waals surface area contributed by atoms with Crippen LogP contribution in [0.25, 0.3) is 11.5 Å². The summed E-state index contributed by atoms with van der Waals surface area (Å²) in [6, 6.07) is 3.57. The predicted octanol–water partition coefficient (Wildman–Crippen LogP) is 0.467. The summed E-state index contributed by atoms with van der Waals surface area (Å²) in [6.07, 6.45) is 3.49. The molecule has 7 nitrogen and oxygen atoms in total. The lowest BCUT2D eigenvalue weighted by molar-refractivity contribution is 0.702. The van der Waals surface area contributed by atoms with Crippen LogP contribution in [0.4, 0.5) is 0 Å². The molecule has 0 N–H and O–H groups in total. The molecule has 0 saturated carbocycles. The van der Waals surface area contributed by atoms with Crippen molar-refractivity contribution in [2.45, 2.75) is 0 Å². The average molecular weight is 266 g/mol. The number of hydrogen-bond acceptors (Lipinski definition) is 5. The minimum absolute atomic E-state index is 0.602. The maximum Gasteiger partial charge on any atom is 0.200 e. The van der Waals surface area contributed by atoms with Crippen LogP contribution in [-0.2, 0) is 0 Å². The van der Waals surface area contributed by atoms with Gasteiger partial charge in [-0.25, -0.2) is 4.68 Å². The molecule has 0 spiro atoms. The first-order valence-electron chi connectivity index (χ1n) is 4.09. The summed E-state index contributed by atoms with van der Waals surface area (Å²) in [6.45, 7) is 0. The lowest BCUT2D eigenvalue weighted by Gasteiger charge is -1.98. The minimum Gasteiger partial charge on any atom is -0.220 e. The van der Waals surface area contributed by atoms with E-state index in [1.807, 2.05) is 0 Å². The van der Waals surface area contributed by atoms with Crippen molar-refractivity contribution in [3.8, 4) is 5.82 Å². The van der Waals surface area contributed by atoms with Gasteiger partial charge in [0.25, 0.3) is 0 Å². The molecular weight excluding hydrogens is 262 g/mol. The lowest BCUT2D eigenvalue weighted by Crippen LogP contribution is -2.03. The molecule has 0 amide bonds. The van der Waals surface area contributed by atoms with Crippen molar-refractivity contribution in [2.24, 2.45) is 0 Å². The highest BCUT2D eigenvalue weighted by Gasteiger charge is 2.03. The number of tetrazole rings is 1. The molecule has 0 saturated heterocycles. The molecule has 0 radical (unpaired) electrons. The molecule has 8 heteroatoms. The van der Waals surface area contributed by atoms with E-state index in [1.165, 1.54) is 4.63 Å². The van der Waals surface area contributed by atoms with E-state index < -0.39 is 0 Å². The molecule has 0 aliphatic rings. The Morgan fingerprint density at radius 1 is 1.27 bits per heavy atom. The number of fused-ring (bicyclic) bond motifs is 1. The molecular formula is C7H4BrN7. The smallest absolute Gasteiger partial charge is 0.200 e. The maximum absolute atomic E-state index is 4.18. The van der Waals surface area contributed by atoms with E-state index in [4.69, 9.17) is 0 Å². The van der Waals surface area contributed by atoms with Crippen LogP contribution in [0, 0.1) is 0 Å². The van der Waals surface area contributed by atoms with Gasteiger partial charge in [0.05, 0.1) is 10.7 Å². The number of aromatic nitrogens is 7. The Morgan fingerprint density at radius 3 is 3.00 bits per heavy atom. The van der Waals surface area contributed by atoms with Gasteiger partial charge in [0.15, 0.2) is 11.5 Å². The van der Waals surface area contributed by atoms with Gasteiger partial charge in [-0.15, -0.1) is 14.8 Å². The largest absolute Gasteiger partial charge is 0.220 e. The molecule has 3 heterocycles. The quantitative estimate of drug-likeness (QED) is 0.640. The van der Waals surface area contributed by atoms with E-state index in [2.05, 4.69) is 41.7 Å². The van der Waals surface area contributed by atoms with Crippen molar-refractivity contribution < 1.29 is 0 Å². The van der Waals surface area contributed by atoms with E-state index in [0.717, 1.165) is 4.47 Å². The summed E-state index contributed by atoms with van der Waals surface area (Å²) in [5, 5.41) is 19.2. The van der Waals surface area contributed by atoms with Crippen LogP contribution < -0.4 is 0 Å². The monoisotopic (exact) mass is 265 g/mol. The van der Waals surface area contributed by atoms with Crippen molar-refractivity contribution in [1.82, 2.24) is 35.0 Å². The number of halogens is 1. The number of hydrogen-bond donors (Lipinski definition) is 0. The third kappa shape index (κ3) is 1.38. The summed E-state index contributed by atoms with van der Waals surface area (Å²) >= 11 is 3.31. The zero-order valence-corrected chi connectivity index (χ0v) is 8.90. The fourth-order valence-electron chi connectivity index (χ4n) is 1.19. The maximum atomic E-state index is 4.18. The van der Waals surface area contributed by atoms with Crippen LogP contribution in [0.1, 0.15) is 0 Å². The van der Waals surface area contributed by atoms with Gasteiger partial charge < -0.3 is 0 Å². The van der Waals surface area contributed by atoms with Crippen molar-refractivity contribution in [1.29, 1.82) is 0 Å². The van der Waals surface area contributed by atoms with Gasteiger partial charge in [0.2, 0.25) is 0 Å². The van der Waals surface area contributed by atoms with Gasteiger partial charge in [-0.2, -0.15) is 5.10 Å². The highest BCUT2D eigenvalue weighted by Crippen LogP contribution is 2.10. The minimum atomic E-state index is 0.602. The third-order valence-electron chi connectivity index (χ3n) is 1.84. The first-order chi connectivity index (χ1) is 7.33. The summed E-state index contributed by atoms with van der Waals surface area (Å²) in [7, 11) is 0. The van der Waals surface area contributed by atoms with E-state index in [0.29, 0.717) is 11.5 Å². The molecule has 3 aromatic rings. The predicted molar refractivity (Wildman–Crippen MR) is 53.4 cm³/mol. The van der Waals surface area contributed by atoms with Crippen molar-refractivity contribution in [3.63, 3.8) is 0 Å². The SMILES string of the molecule is Brc1cnn(-c2ccc3nnnn3n2)c1. The van der Waals surface area contributed by atoms with Crippen LogP contribution >= 0.6 is 15.9 Å². The van der Waals surface area contributed by atoms with Gasteiger partial charge in [0, 0.05) is 6.20 Å². The van der Waals surface area contributed by atoms with Gasteiger partial charge in [-0.3, -0.25) is 0 Å². The summed E-state index contributed by atoms with van der Waals surface area (Å²) in [4.78, 5) is 0. The molecule has 0 atom stereocenters. The van der Waals surface area contributed by atoms with E-state index in [9.17, 15) is 0 Å².